The smallest absolute Gasteiger partial charge is 0.159 e. The molecular formula is C9H10OS. The van der Waals surface area contributed by atoms with Crippen LogP contribution in [0.4, 0.5) is 0 Å². The molecule has 1 rings (SSSR count). The summed E-state index contributed by atoms with van der Waals surface area (Å²) in [5.74, 6) is 0.828. The third kappa shape index (κ3) is 2.09. The van der Waals surface area contributed by atoms with Crippen molar-refractivity contribution < 1.29 is 4.79 Å². The van der Waals surface area contributed by atoms with Crippen LogP contribution in [0.5, 0.6) is 0 Å². The zero-order valence-electron chi connectivity index (χ0n) is 6.37. The topological polar surface area (TPSA) is 17.1 Å². The van der Waals surface area contributed by atoms with E-state index >= 15 is 0 Å². The molecule has 0 atom stereocenters. The number of carbonyl (C=O) groups is 1. The van der Waals surface area contributed by atoms with E-state index in [-0.39, 0.29) is 5.78 Å². The van der Waals surface area contributed by atoms with Crippen molar-refractivity contribution in [3.8, 4) is 0 Å². The first-order chi connectivity index (χ1) is 5.24. The molecule has 1 aromatic carbocycles. The predicted molar refractivity (Wildman–Crippen MR) is 49.1 cm³/mol. The summed E-state index contributed by atoms with van der Waals surface area (Å²) in [6.07, 6.45) is 0. The molecule has 1 aromatic rings. The fraction of sp³-hybridized carbons (Fsp3) is 0.222. The van der Waals surface area contributed by atoms with Crippen LogP contribution in [-0.2, 0) is 5.75 Å². The standard InChI is InChI=1S/C9H10OS/c1-7(10)9-4-2-8(6-11)3-5-9/h2-5,11H,6H2,1H3. The van der Waals surface area contributed by atoms with E-state index in [1.54, 1.807) is 6.92 Å². The molecule has 0 unspecified atom stereocenters. The Kier molecular flexibility index (Phi) is 2.71. The first-order valence-electron chi connectivity index (χ1n) is 3.45. The van der Waals surface area contributed by atoms with Gasteiger partial charge in [-0.05, 0) is 12.5 Å². The molecule has 0 radical (unpaired) electrons. The first-order valence-corrected chi connectivity index (χ1v) is 4.08. The summed E-state index contributed by atoms with van der Waals surface area (Å²) in [7, 11) is 0. The van der Waals surface area contributed by atoms with Gasteiger partial charge < -0.3 is 0 Å². The number of benzene rings is 1. The molecule has 0 spiro atoms. The lowest BCUT2D eigenvalue weighted by atomic mass is 10.1. The molecule has 0 aliphatic heterocycles. The summed E-state index contributed by atoms with van der Waals surface area (Å²) < 4.78 is 0. The highest BCUT2D eigenvalue weighted by atomic mass is 32.1. The van der Waals surface area contributed by atoms with Gasteiger partial charge in [0.05, 0.1) is 0 Å². The van der Waals surface area contributed by atoms with Gasteiger partial charge in [-0.1, -0.05) is 24.3 Å². The van der Waals surface area contributed by atoms with Crippen LogP contribution in [0.3, 0.4) is 0 Å². The average molecular weight is 166 g/mol. The van der Waals surface area contributed by atoms with E-state index in [9.17, 15) is 4.79 Å². The van der Waals surface area contributed by atoms with Crippen LogP contribution in [0.1, 0.15) is 22.8 Å². The van der Waals surface area contributed by atoms with Crippen LogP contribution in [-0.4, -0.2) is 5.78 Å². The Bertz CT molecular complexity index is 251. The molecular weight excluding hydrogens is 156 g/mol. The van der Waals surface area contributed by atoms with Gasteiger partial charge in [-0.2, -0.15) is 12.6 Å². The van der Waals surface area contributed by atoms with Gasteiger partial charge in [-0.15, -0.1) is 0 Å². The largest absolute Gasteiger partial charge is 0.295 e. The summed E-state index contributed by atoms with van der Waals surface area (Å²) in [6.45, 7) is 1.57. The lowest BCUT2D eigenvalue weighted by Crippen LogP contribution is -1.90. The lowest BCUT2D eigenvalue weighted by molar-refractivity contribution is 0.101. The fourth-order valence-electron chi connectivity index (χ4n) is 0.845. The molecule has 0 aliphatic carbocycles. The van der Waals surface area contributed by atoms with E-state index in [4.69, 9.17) is 0 Å². The van der Waals surface area contributed by atoms with Gasteiger partial charge in [0, 0.05) is 11.3 Å². The normalized spacial score (nSPS) is 9.64. The average Bonchev–Trinajstić information content (AvgIpc) is 2.05. The Balaban J connectivity index is 2.91. The number of rotatable bonds is 2. The first kappa shape index (κ1) is 8.34. The molecule has 0 bridgehead atoms. The van der Waals surface area contributed by atoms with Gasteiger partial charge in [-0.25, -0.2) is 0 Å². The SMILES string of the molecule is CC(=O)c1ccc(CS)cc1. The molecule has 1 nitrogen and oxygen atoms in total. The third-order valence-corrected chi connectivity index (χ3v) is 1.91. The highest BCUT2D eigenvalue weighted by Gasteiger charge is 1.96. The van der Waals surface area contributed by atoms with Gasteiger partial charge in [0.15, 0.2) is 5.78 Å². The lowest BCUT2D eigenvalue weighted by Gasteiger charge is -1.96. The Hall–Kier alpha value is -0.760. The van der Waals surface area contributed by atoms with Gasteiger partial charge in [0.25, 0.3) is 0 Å². The van der Waals surface area contributed by atoms with Crippen molar-refractivity contribution in [1.29, 1.82) is 0 Å². The van der Waals surface area contributed by atoms with E-state index < -0.39 is 0 Å². The second kappa shape index (κ2) is 3.58. The number of hydrogen-bond acceptors (Lipinski definition) is 2. The van der Waals surface area contributed by atoms with Crippen molar-refractivity contribution in [1.82, 2.24) is 0 Å². The maximum Gasteiger partial charge on any atom is 0.159 e. The monoisotopic (exact) mass is 166 g/mol. The maximum absolute atomic E-state index is 10.8. The minimum absolute atomic E-state index is 0.107. The van der Waals surface area contributed by atoms with Gasteiger partial charge in [-0.3, -0.25) is 4.79 Å². The molecule has 0 amide bonds. The number of hydrogen-bond donors (Lipinski definition) is 1. The second-order valence-electron chi connectivity index (χ2n) is 2.41. The van der Waals surface area contributed by atoms with E-state index in [0.29, 0.717) is 0 Å². The molecule has 11 heavy (non-hydrogen) atoms. The molecule has 0 aromatic heterocycles. The van der Waals surface area contributed by atoms with Crippen molar-refractivity contribution in [2.75, 3.05) is 0 Å². The van der Waals surface area contributed by atoms with Crippen LogP contribution in [0, 0.1) is 0 Å². The molecule has 0 saturated heterocycles. The van der Waals surface area contributed by atoms with Crippen LogP contribution in [0.2, 0.25) is 0 Å². The van der Waals surface area contributed by atoms with Crippen molar-refractivity contribution >= 4 is 18.4 Å². The van der Waals surface area contributed by atoms with E-state index in [1.165, 1.54) is 0 Å². The maximum atomic E-state index is 10.8. The number of ketones is 1. The Morgan fingerprint density at radius 3 is 2.27 bits per heavy atom. The van der Waals surface area contributed by atoms with Crippen molar-refractivity contribution in [2.24, 2.45) is 0 Å². The van der Waals surface area contributed by atoms with E-state index in [2.05, 4.69) is 12.6 Å². The Morgan fingerprint density at radius 2 is 1.91 bits per heavy atom. The Morgan fingerprint density at radius 1 is 1.36 bits per heavy atom. The van der Waals surface area contributed by atoms with Gasteiger partial charge >= 0.3 is 0 Å². The van der Waals surface area contributed by atoms with Gasteiger partial charge in [0.1, 0.15) is 0 Å². The minimum Gasteiger partial charge on any atom is -0.295 e. The zero-order chi connectivity index (χ0) is 8.27. The van der Waals surface area contributed by atoms with Crippen molar-refractivity contribution in [2.45, 2.75) is 12.7 Å². The van der Waals surface area contributed by atoms with Crippen LogP contribution in [0.25, 0.3) is 0 Å². The summed E-state index contributed by atoms with van der Waals surface area (Å²) in [5, 5.41) is 0. The molecule has 0 heterocycles. The third-order valence-electron chi connectivity index (χ3n) is 1.54. The Labute approximate surface area is 71.8 Å². The van der Waals surface area contributed by atoms with Crippen molar-refractivity contribution in [3.05, 3.63) is 35.4 Å². The van der Waals surface area contributed by atoms with E-state index in [1.807, 2.05) is 24.3 Å². The summed E-state index contributed by atoms with van der Waals surface area (Å²) >= 11 is 4.11. The quantitative estimate of drug-likeness (QED) is 0.527. The highest BCUT2D eigenvalue weighted by Crippen LogP contribution is 2.06. The summed E-state index contributed by atoms with van der Waals surface area (Å²) in [5.41, 5.74) is 1.90. The molecule has 2 heteroatoms. The van der Waals surface area contributed by atoms with Gasteiger partial charge in [0.2, 0.25) is 0 Å². The molecule has 0 saturated carbocycles. The summed E-state index contributed by atoms with van der Waals surface area (Å²) in [4.78, 5) is 10.8. The fourth-order valence-corrected chi connectivity index (χ4v) is 1.06. The molecule has 0 N–H and O–H groups in total. The number of carbonyl (C=O) groups excluding carboxylic acids is 1. The molecule has 0 fully saturated rings. The minimum atomic E-state index is 0.107. The van der Waals surface area contributed by atoms with Crippen LogP contribution in [0.15, 0.2) is 24.3 Å². The van der Waals surface area contributed by atoms with Crippen LogP contribution >= 0.6 is 12.6 Å². The van der Waals surface area contributed by atoms with Crippen molar-refractivity contribution in [3.63, 3.8) is 0 Å². The number of thiol groups is 1. The van der Waals surface area contributed by atoms with E-state index in [0.717, 1.165) is 16.9 Å². The summed E-state index contributed by atoms with van der Waals surface area (Å²) in [6, 6.07) is 7.50. The number of Topliss-reactive ketones (excluding diaryl/α,β-unsaturated/α-hetero) is 1. The molecule has 58 valence electrons. The van der Waals surface area contributed by atoms with Crippen LogP contribution < -0.4 is 0 Å². The highest BCUT2D eigenvalue weighted by molar-refractivity contribution is 7.79. The second-order valence-corrected chi connectivity index (χ2v) is 2.73. The zero-order valence-corrected chi connectivity index (χ0v) is 7.27. The predicted octanol–water partition coefficient (Wildman–Crippen LogP) is 2.32. The molecule has 0 aliphatic rings.